The fraction of sp³-hybridized carbons (Fsp3) is 0.188. The van der Waals surface area contributed by atoms with E-state index in [0.717, 1.165) is 22.6 Å². The number of aromatic amines is 1. The van der Waals surface area contributed by atoms with Gasteiger partial charge < -0.3 is 9.72 Å². The monoisotopic (exact) mass is 252 g/mol. The number of hydrogen-bond donors (Lipinski definition) is 1. The molecule has 0 aliphatic heterocycles. The molecule has 3 aromatic rings. The van der Waals surface area contributed by atoms with E-state index in [1.165, 1.54) is 11.1 Å². The summed E-state index contributed by atoms with van der Waals surface area (Å²) in [5.74, 6) is 1.71. The number of H-pyrrole nitrogens is 1. The number of nitrogens with zero attached hydrogens (tertiary/aromatic N) is 1. The molecule has 0 amide bonds. The summed E-state index contributed by atoms with van der Waals surface area (Å²) in [6.45, 7) is 4.63. The number of nitrogens with one attached hydrogen (secondary N) is 1. The van der Waals surface area contributed by atoms with Gasteiger partial charge in [-0.15, -0.1) is 0 Å². The van der Waals surface area contributed by atoms with Crippen molar-refractivity contribution in [2.45, 2.75) is 20.5 Å². The first-order valence-corrected chi connectivity index (χ1v) is 6.36. The molecule has 0 unspecified atom stereocenters. The number of aryl methyl sites for hydroxylation is 2. The minimum atomic E-state index is 0.456. The van der Waals surface area contributed by atoms with Crippen LogP contribution in [0.4, 0.5) is 0 Å². The molecule has 0 atom stereocenters. The summed E-state index contributed by atoms with van der Waals surface area (Å²) in [7, 11) is 0. The minimum absolute atomic E-state index is 0.456. The molecule has 0 saturated heterocycles. The third-order valence-electron chi connectivity index (χ3n) is 3.09. The SMILES string of the molecule is Cc1cc(C)c2nc(COc3ccccc3)[nH]c2c1. The molecule has 0 bridgehead atoms. The summed E-state index contributed by atoms with van der Waals surface area (Å²) in [6.07, 6.45) is 0. The number of aromatic nitrogens is 2. The van der Waals surface area contributed by atoms with Crippen LogP contribution < -0.4 is 4.74 Å². The maximum Gasteiger partial charge on any atom is 0.146 e. The molecule has 1 aromatic heterocycles. The highest BCUT2D eigenvalue weighted by Gasteiger charge is 2.06. The number of benzene rings is 2. The molecule has 96 valence electrons. The lowest BCUT2D eigenvalue weighted by Gasteiger charge is -2.02. The van der Waals surface area contributed by atoms with Gasteiger partial charge in [0.15, 0.2) is 0 Å². The fourth-order valence-corrected chi connectivity index (χ4v) is 2.26. The predicted molar refractivity (Wildman–Crippen MR) is 76.3 cm³/mol. The normalized spacial score (nSPS) is 10.8. The Morgan fingerprint density at radius 2 is 1.89 bits per heavy atom. The smallest absolute Gasteiger partial charge is 0.146 e. The summed E-state index contributed by atoms with van der Waals surface area (Å²) in [5, 5.41) is 0. The molecular weight excluding hydrogens is 236 g/mol. The van der Waals surface area contributed by atoms with Crippen molar-refractivity contribution in [3.63, 3.8) is 0 Å². The molecule has 3 nitrogen and oxygen atoms in total. The van der Waals surface area contributed by atoms with Crippen LogP contribution in [-0.4, -0.2) is 9.97 Å². The molecule has 1 N–H and O–H groups in total. The Labute approximate surface area is 112 Å². The predicted octanol–water partition coefficient (Wildman–Crippen LogP) is 3.76. The van der Waals surface area contributed by atoms with Crippen LogP contribution >= 0.6 is 0 Å². The van der Waals surface area contributed by atoms with E-state index in [1.54, 1.807) is 0 Å². The summed E-state index contributed by atoms with van der Waals surface area (Å²) < 4.78 is 5.70. The van der Waals surface area contributed by atoms with Gasteiger partial charge in [0.1, 0.15) is 18.2 Å². The van der Waals surface area contributed by atoms with E-state index < -0.39 is 0 Å². The maximum atomic E-state index is 5.70. The van der Waals surface area contributed by atoms with Crippen molar-refractivity contribution >= 4 is 11.0 Å². The Balaban J connectivity index is 1.84. The first kappa shape index (κ1) is 11.8. The van der Waals surface area contributed by atoms with E-state index in [2.05, 4.69) is 35.9 Å². The molecule has 19 heavy (non-hydrogen) atoms. The first-order chi connectivity index (χ1) is 9.22. The second kappa shape index (κ2) is 4.76. The lowest BCUT2D eigenvalue weighted by atomic mass is 10.1. The zero-order chi connectivity index (χ0) is 13.2. The van der Waals surface area contributed by atoms with Gasteiger partial charge in [-0.2, -0.15) is 0 Å². The van der Waals surface area contributed by atoms with Crippen molar-refractivity contribution in [2.24, 2.45) is 0 Å². The maximum absolute atomic E-state index is 5.70. The van der Waals surface area contributed by atoms with Gasteiger partial charge >= 0.3 is 0 Å². The van der Waals surface area contributed by atoms with Crippen LogP contribution in [0.2, 0.25) is 0 Å². The van der Waals surface area contributed by atoms with E-state index in [0.29, 0.717) is 6.61 Å². The Kier molecular flexibility index (Phi) is 2.95. The molecule has 0 fully saturated rings. The van der Waals surface area contributed by atoms with Gasteiger partial charge in [0.05, 0.1) is 11.0 Å². The van der Waals surface area contributed by atoms with Gasteiger partial charge in [-0.3, -0.25) is 0 Å². The number of imidazole rings is 1. The molecule has 0 aliphatic rings. The average molecular weight is 252 g/mol. The van der Waals surface area contributed by atoms with Crippen LogP contribution in [0.1, 0.15) is 17.0 Å². The number of rotatable bonds is 3. The summed E-state index contributed by atoms with van der Waals surface area (Å²) in [5.41, 5.74) is 4.53. The van der Waals surface area contributed by atoms with Crippen LogP contribution in [0.5, 0.6) is 5.75 Å². The molecule has 0 radical (unpaired) electrons. The number of ether oxygens (including phenoxy) is 1. The van der Waals surface area contributed by atoms with Crippen LogP contribution in [0.3, 0.4) is 0 Å². The van der Waals surface area contributed by atoms with Crippen molar-refractivity contribution in [2.75, 3.05) is 0 Å². The van der Waals surface area contributed by atoms with Crippen LogP contribution in [0.15, 0.2) is 42.5 Å². The van der Waals surface area contributed by atoms with E-state index >= 15 is 0 Å². The Bertz CT molecular complexity index is 701. The van der Waals surface area contributed by atoms with Gasteiger partial charge in [0.2, 0.25) is 0 Å². The highest BCUT2D eigenvalue weighted by molar-refractivity contribution is 5.79. The van der Waals surface area contributed by atoms with Gasteiger partial charge in [0, 0.05) is 0 Å². The third-order valence-corrected chi connectivity index (χ3v) is 3.09. The summed E-state index contributed by atoms with van der Waals surface area (Å²) in [4.78, 5) is 7.90. The van der Waals surface area contributed by atoms with Crippen LogP contribution in [0.25, 0.3) is 11.0 Å². The molecule has 0 saturated carbocycles. The van der Waals surface area contributed by atoms with Crippen LogP contribution in [0, 0.1) is 13.8 Å². The standard InChI is InChI=1S/C16H16N2O/c1-11-8-12(2)16-14(9-11)17-15(18-16)10-19-13-6-4-3-5-7-13/h3-9H,10H2,1-2H3,(H,17,18). The Hall–Kier alpha value is -2.29. The molecule has 0 spiro atoms. The van der Waals surface area contributed by atoms with Crippen molar-refractivity contribution in [3.05, 3.63) is 59.4 Å². The Morgan fingerprint density at radius 3 is 2.68 bits per heavy atom. The van der Waals surface area contributed by atoms with E-state index in [4.69, 9.17) is 4.74 Å². The van der Waals surface area contributed by atoms with E-state index in [9.17, 15) is 0 Å². The zero-order valence-electron chi connectivity index (χ0n) is 11.1. The van der Waals surface area contributed by atoms with Crippen LogP contribution in [-0.2, 0) is 6.61 Å². The molecule has 3 heteroatoms. The lowest BCUT2D eigenvalue weighted by Crippen LogP contribution is -1.96. The fourth-order valence-electron chi connectivity index (χ4n) is 2.26. The quantitative estimate of drug-likeness (QED) is 0.770. The lowest BCUT2D eigenvalue weighted by molar-refractivity contribution is 0.297. The zero-order valence-corrected chi connectivity index (χ0v) is 11.1. The third kappa shape index (κ3) is 2.45. The van der Waals surface area contributed by atoms with E-state index in [1.807, 2.05) is 30.3 Å². The largest absolute Gasteiger partial charge is 0.486 e. The van der Waals surface area contributed by atoms with Crippen molar-refractivity contribution in [3.8, 4) is 5.75 Å². The molecule has 1 heterocycles. The van der Waals surface area contributed by atoms with Gasteiger partial charge in [-0.05, 0) is 43.2 Å². The topological polar surface area (TPSA) is 37.9 Å². The van der Waals surface area contributed by atoms with Gasteiger partial charge in [0.25, 0.3) is 0 Å². The second-order valence-electron chi connectivity index (χ2n) is 4.76. The number of fused-ring (bicyclic) bond motifs is 1. The summed E-state index contributed by atoms with van der Waals surface area (Å²) in [6, 6.07) is 14.0. The minimum Gasteiger partial charge on any atom is -0.486 e. The van der Waals surface area contributed by atoms with Crippen molar-refractivity contribution in [1.82, 2.24) is 9.97 Å². The van der Waals surface area contributed by atoms with Gasteiger partial charge in [-0.25, -0.2) is 4.98 Å². The average Bonchev–Trinajstić information content (AvgIpc) is 2.81. The van der Waals surface area contributed by atoms with Crippen molar-refractivity contribution in [1.29, 1.82) is 0 Å². The highest BCUT2D eigenvalue weighted by atomic mass is 16.5. The first-order valence-electron chi connectivity index (χ1n) is 6.36. The molecule has 2 aromatic carbocycles. The number of hydrogen-bond acceptors (Lipinski definition) is 2. The highest BCUT2D eigenvalue weighted by Crippen LogP contribution is 2.19. The van der Waals surface area contributed by atoms with Crippen molar-refractivity contribution < 1.29 is 4.74 Å². The second-order valence-corrected chi connectivity index (χ2v) is 4.76. The van der Waals surface area contributed by atoms with E-state index in [-0.39, 0.29) is 0 Å². The molecule has 3 rings (SSSR count). The number of para-hydroxylation sites is 1. The van der Waals surface area contributed by atoms with Gasteiger partial charge in [-0.1, -0.05) is 24.3 Å². The molecular formula is C16H16N2O. The Morgan fingerprint density at radius 1 is 1.11 bits per heavy atom. The molecule has 0 aliphatic carbocycles. The summed E-state index contributed by atoms with van der Waals surface area (Å²) >= 11 is 0.